The monoisotopic (exact) mass is 203 g/mol. The molecule has 1 aromatic heterocycles. The molecular weight excluding hydrogens is 199 g/mol. The summed E-state index contributed by atoms with van der Waals surface area (Å²) in [4.78, 5) is 6.86. The maximum atomic E-state index is 11.7. The fourth-order valence-corrected chi connectivity index (χ4v) is 0.660. The molecular formula is C7H4F3N3O. The highest BCUT2D eigenvalue weighted by atomic mass is 19.4. The number of rotatable bonds is 2. The van der Waals surface area contributed by atoms with Crippen LogP contribution in [0.3, 0.4) is 0 Å². The summed E-state index contributed by atoms with van der Waals surface area (Å²) >= 11 is 0. The average Bonchev–Trinajstić information content (AvgIpc) is 2.14. The summed E-state index contributed by atoms with van der Waals surface area (Å²) in [5.41, 5.74) is -0.128. The van der Waals surface area contributed by atoms with Crippen LogP contribution >= 0.6 is 0 Å². The molecule has 0 fully saturated rings. The molecule has 0 aliphatic carbocycles. The zero-order valence-electron chi connectivity index (χ0n) is 6.75. The fourth-order valence-electron chi connectivity index (χ4n) is 0.660. The summed E-state index contributed by atoms with van der Waals surface area (Å²) in [5.74, 6) is -0.361. The van der Waals surface area contributed by atoms with Crippen molar-refractivity contribution in [3.05, 3.63) is 18.1 Å². The van der Waals surface area contributed by atoms with Gasteiger partial charge in [0.1, 0.15) is 18.0 Å². The van der Waals surface area contributed by atoms with Crippen molar-refractivity contribution in [3.63, 3.8) is 0 Å². The molecule has 0 aromatic carbocycles. The second kappa shape index (κ2) is 3.91. The molecule has 0 amide bonds. The van der Waals surface area contributed by atoms with Gasteiger partial charge in [-0.25, -0.2) is 9.97 Å². The van der Waals surface area contributed by atoms with Gasteiger partial charge in [0.2, 0.25) is 5.88 Å². The minimum atomic E-state index is -4.45. The van der Waals surface area contributed by atoms with Crippen LogP contribution in [0, 0.1) is 11.3 Å². The molecule has 0 N–H and O–H groups in total. The Morgan fingerprint density at radius 2 is 2.21 bits per heavy atom. The van der Waals surface area contributed by atoms with Crippen LogP contribution in [0.1, 0.15) is 5.56 Å². The first kappa shape index (κ1) is 10.2. The molecule has 0 aliphatic heterocycles. The third-order valence-electron chi connectivity index (χ3n) is 1.17. The van der Waals surface area contributed by atoms with Crippen molar-refractivity contribution in [1.29, 1.82) is 5.26 Å². The maximum Gasteiger partial charge on any atom is 0.422 e. The van der Waals surface area contributed by atoms with Crippen molar-refractivity contribution in [2.24, 2.45) is 0 Å². The number of nitrogens with zero attached hydrogens (tertiary/aromatic N) is 3. The molecule has 0 radical (unpaired) electrons. The van der Waals surface area contributed by atoms with Crippen molar-refractivity contribution in [1.82, 2.24) is 9.97 Å². The molecule has 1 rings (SSSR count). The van der Waals surface area contributed by atoms with Crippen LogP contribution < -0.4 is 4.74 Å². The minimum Gasteiger partial charge on any atom is -0.467 e. The molecule has 0 saturated heterocycles. The zero-order valence-corrected chi connectivity index (χ0v) is 6.75. The number of aromatic nitrogens is 2. The number of hydrogen-bond donors (Lipinski definition) is 0. The third kappa shape index (κ3) is 2.90. The molecule has 0 atom stereocenters. The first-order chi connectivity index (χ1) is 6.53. The molecule has 0 unspecified atom stereocenters. The highest BCUT2D eigenvalue weighted by molar-refractivity contribution is 5.34. The van der Waals surface area contributed by atoms with Crippen LogP contribution in [-0.2, 0) is 0 Å². The van der Waals surface area contributed by atoms with Gasteiger partial charge >= 0.3 is 6.18 Å². The van der Waals surface area contributed by atoms with Crippen molar-refractivity contribution >= 4 is 0 Å². The first-order valence-corrected chi connectivity index (χ1v) is 3.42. The van der Waals surface area contributed by atoms with Crippen LogP contribution in [0.15, 0.2) is 12.5 Å². The Morgan fingerprint density at radius 3 is 2.79 bits per heavy atom. The molecule has 1 aromatic rings. The Bertz CT molecular complexity index is 358. The van der Waals surface area contributed by atoms with Crippen LogP contribution in [0.2, 0.25) is 0 Å². The van der Waals surface area contributed by atoms with Crippen LogP contribution in [0.5, 0.6) is 5.88 Å². The SMILES string of the molecule is N#Cc1cncnc1OCC(F)(F)F. The summed E-state index contributed by atoms with van der Waals surface area (Å²) in [7, 11) is 0. The Morgan fingerprint density at radius 1 is 1.50 bits per heavy atom. The maximum absolute atomic E-state index is 11.7. The molecule has 4 nitrogen and oxygen atoms in total. The third-order valence-corrected chi connectivity index (χ3v) is 1.17. The van der Waals surface area contributed by atoms with E-state index in [1.54, 1.807) is 6.07 Å². The summed E-state index contributed by atoms with van der Waals surface area (Å²) in [6, 6.07) is 1.61. The molecule has 0 aliphatic rings. The largest absolute Gasteiger partial charge is 0.467 e. The summed E-state index contributed by atoms with van der Waals surface area (Å²) in [5, 5.41) is 8.46. The highest BCUT2D eigenvalue weighted by Crippen LogP contribution is 2.18. The lowest BCUT2D eigenvalue weighted by Crippen LogP contribution is -2.20. The quantitative estimate of drug-likeness (QED) is 0.726. The molecule has 1 heterocycles. The number of ether oxygens (including phenoxy) is 1. The van der Waals surface area contributed by atoms with Crippen molar-refractivity contribution < 1.29 is 17.9 Å². The molecule has 0 spiro atoms. The summed E-state index contributed by atoms with van der Waals surface area (Å²) in [6.07, 6.45) is -2.36. The molecule has 0 saturated carbocycles. The lowest BCUT2D eigenvalue weighted by Gasteiger charge is -2.08. The number of hydrogen-bond acceptors (Lipinski definition) is 4. The van der Waals surface area contributed by atoms with E-state index in [0.717, 1.165) is 12.5 Å². The van der Waals surface area contributed by atoms with Crippen LogP contribution in [-0.4, -0.2) is 22.8 Å². The molecule has 0 bridgehead atoms. The lowest BCUT2D eigenvalue weighted by atomic mass is 10.4. The standard InChI is InChI=1S/C7H4F3N3O/c8-7(9,10)3-14-6-5(1-11)2-12-4-13-6/h2,4H,3H2. The van der Waals surface area contributed by atoms with Crippen molar-refractivity contribution in [2.75, 3.05) is 6.61 Å². The van der Waals surface area contributed by atoms with Gasteiger partial charge in [0.25, 0.3) is 0 Å². The topological polar surface area (TPSA) is 58.8 Å². The van der Waals surface area contributed by atoms with Crippen LogP contribution in [0.4, 0.5) is 13.2 Å². The zero-order chi connectivity index (χ0) is 10.6. The van der Waals surface area contributed by atoms with E-state index in [4.69, 9.17) is 5.26 Å². The number of halogens is 3. The van der Waals surface area contributed by atoms with E-state index in [2.05, 4.69) is 14.7 Å². The van der Waals surface area contributed by atoms with Crippen molar-refractivity contribution in [3.8, 4) is 11.9 Å². The normalized spacial score (nSPS) is 10.7. The lowest BCUT2D eigenvalue weighted by molar-refractivity contribution is -0.154. The van der Waals surface area contributed by atoms with Crippen molar-refractivity contribution in [2.45, 2.75) is 6.18 Å². The second-order valence-corrected chi connectivity index (χ2v) is 2.26. The predicted octanol–water partition coefficient (Wildman–Crippen LogP) is 1.29. The van der Waals surface area contributed by atoms with E-state index in [1.165, 1.54) is 0 Å². The van der Waals surface area contributed by atoms with E-state index in [-0.39, 0.29) is 11.4 Å². The molecule has 74 valence electrons. The summed E-state index contributed by atoms with van der Waals surface area (Å²) < 4.78 is 39.5. The smallest absolute Gasteiger partial charge is 0.422 e. The molecule has 14 heavy (non-hydrogen) atoms. The van der Waals surface area contributed by atoms with E-state index >= 15 is 0 Å². The van der Waals surface area contributed by atoms with E-state index in [9.17, 15) is 13.2 Å². The Hall–Kier alpha value is -1.84. The number of alkyl halides is 3. The predicted molar refractivity (Wildman–Crippen MR) is 38.3 cm³/mol. The van der Waals surface area contributed by atoms with E-state index in [1.807, 2.05) is 0 Å². The Balaban J connectivity index is 2.73. The minimum absolute atomic E-state index is 0.128. The summed E-state index contributed by atoms with van der Waals surface area (Å²) in [6.45, 7) is -1.47. The Kier molecular flexibility index (Phi) is 2.86. The molecule has 7 heteroatoms. The van der Waals surface area contributed by atoms with Gasteiger partial charge in [-0.1, -0.05) is 0 Å². The van der Waals surface area contributed by atoms with Gasteiger partial charge in [-0.05, 0) is 0 Å². The van der Waals surface area contributed by atoms with Crippen LogP contribution in [0.25, 0.3) is 0 Å². The number of nitriles is 1. The average molecular weight is 203 g/mol. The van der Waals surface area contributed by atoms with Gasteiger partial charge in [-0.2, -0.15) is 18.4 Å². The fraction of sp³-hybridized carbons (Fsp3) is 0.286. The van der Waals surface area contributed by atoms with Gasteiger partial charge in [0, 0.05) is 0 Å². The van der Waals surface area contributed by atoms with E-state index < -0.39 is 12.8 Å². The Labute approximate surface area is 77.0 Å². The van der Waals surface area contributed by atoms with Gasteiger partial charge in [-0.15, -0.1) is 0 Å². The second-order valence-electron chi connectivity index (χ2n) is 2.26. The van der Waals surface area contributed by atoms with Gasteiger partial charge in [0.15, 0.2) is 6.61 Å². The van der Waals surface area contributed by atoms with E-state index in [0.29, 0.717) is 0 Å². The van der Waals surface area contributed by atoms with Gasteiger partial charge < -0.3 is 4.74 Å². The van der Waals surface area contributed by atoms with Gasteiger partial charge in [-0.3, -0.25) is 0 Å². The highest BCUT2D eigenvalue weighted by Gasteiger charge is 2.29. The first-order valence-electron chi connectivity index (χ1n) is 3.42. The van der Waals surface area contributed by atoms with Gasteiger partial charge in [0.05, 0.1) is 6.20 Å².